The van der Waals surface area contributed by atoms with Gasteiger partial charge in [-0.05, 0) is 12.1 Å². The SMILES string of the molecule is Cl.Cl.O=Cc1cc2ccnc-2c[nH]1. The lowest BCUT2D eigenvalue weighted by Gasteiger charge is -1.96. The third-order valence-corrected chi connectivity index (χ3v) is 1.58. The summed E-state index contributed by atoms with van der Waals surface area (Å²) in [4.78, 5) is 17.2. The van der Waals surface area contributed by atoms with Crippen LogP contribution >= 0.6 is 24.8 Å². The van der Waals surface area contributed by atoms with E-state index in [1.54, 1.807) is 18.5 Å². The predicted octanol–water partition coefficient (Wildman–Crippen LogP) is 2.17. The maximum atomic E-state index is 10.3. The van der Waals surface area contributed by atoms with Crippen LogP contribution in [0.25, 0.3) is 11.3 Å². The van der Waals surface area contributed by atoms with Crippen molar-refractivity contribution in [3.05, 3.63) is 30.2 Å². The smallest absolute Gasteiger partial charge is 0.166 e. The van der Waals surface area contributed by atoms with Crippen LogP contribution in [-0.4, -0.2) is 16.3 Å². The molecule has 0 unspecified atom stereocenters. The van der Waals surface area contributed by atoms with Gasteiger partial charge in [-0.3, -0.25) is 9.78 Å². The fourth-order valence-electron chi connectivity index (χ4n) is 1.03. The molecule has 2 rings (SSSR count). The molecule has 2 heterocycles. The number of halogens is 2. The van der Waals surface area contributed by atoms with Gasteiger partial charge < -0.3 is 4.98 Å². The summed E-state index contributed by atoms with van der Waals surface area (Å²) in [7, 11) is 0. The van der Waals surface area contributed by atoms with Crippen LogP contribution in [0.2, 0.25) is 0 Å². The Labute approximate surface area is 87.7 Å². The number of fused-ring (bicyclic) bond motifs is 1. The molecule has 0 fully saturated rings. The Hall–Kier alpha value is -1.06. The summed E-state index contributed by atoms with van der Waals surface area (Å²) in [5.74, 6) is 0. The monoisotopic (exact) mass is 218 g/mol. The molecule has 0 aromatic rings. The molecular formula is C8H8Cl2N2O. The number of aromatic nitrogens is 2. The molecule has 3 nitrogen and oxygen atoms in total. The van der Waals surface area contributed by atoms with E-state index in [1.807, 2.05) is 6.07 Å². The van der Waals surface area contributed by atoms with Crippen LogP contribution in [0.3, 0.4) is 0 Å². The van der Waals surface area contributed by atoms with Gasteiger partial charge in [-0.1, -0.05) is 0 Å². The molecule has 5 heteroatoms. The van der Waals surface area contributed by atoms with Crippen molar-refractivity contribution in [1.29, 1.82) is 0 Å². The van der Waals surface area contributed by atoms with Gasteiger partial charge in [0.2, 0.25) is 0 Å². The molecule has 2 aliphatic rings. The molecule has 0 amide bonds. The predicted molar refractivity (Wildman–Crippen MR) is 55.1 cm³/mol. The summed E-state index contributed by atoms with van der Waals surface area (Å²) in [5, 5.41) is 0. The number of carbonyl (C=O) groups is 1. The highest BCUT2D eigenvalue weighted by Crippen LogP contribution is 2.17. The Kier molecular flexibility index (Phi) is 4.45. The number of carbonyl (C=O) groups excluding carboxylic acids is 1. The van der Waals surface area contributed by atoms with Crippen molar-refractivity contribution in [2.24, 2.45) is 0 Å². The van der Waals surface area contributed by atoms with Gasteiger partial charge in [-0.2, -0.15) is 0 Å². The van der Waals surface area contributed by atoms with Gasteiger partial charge in [0.25, 0.3) is 0 Å². The molecule has 0 spiro atoms. The number of pyridine rings is 1. The van der Waals surface area contributed by atoms with E-state index in [2.05, 4.69) is 9.97 Å². The minimum Gasteiger partial charge on any atom is -0.357 e. The van der Waals surface area contributed by atoms with Crippen molar-refractivity contribution in [2.45, 2.75) is 0 Å². The molecule has 0 bridgehead atoms. The van der Waals surface area contributed by atoms with Gasteiger partial charge in [0.15, 0.2) is 6.29 Å². The number of nitrogens with one attached hydrogen (secondary N) is 1. The molecule has 0 aromatic carbocycles. The van der Waals surface area contributed by atoms with Gasteiger partial charge in [0.1, 0.15) is 0 Å². The van der Waals surface area contributed by atoms with Crippen LogP contribution in [0.4, 0.5) is 0 Å². The van der Waals surface area contributed by atoms with Crippen molar-refractivity contribution in [2.75, 3.05) is 0 Å². The van der Waals surface area contributed by atoms with Crippen LogP contribution in [-0.2, 0) is 0 Å². The highest BCUT2D eigenvalue weighted by atomic mass is 35.5. The van der Waals surface area contributed by atoms with E-state index in [4.69, 9.17) is 0 Å². The van der Waals surface area contributed by atoms with Crippen LogP contribution < -0.4 is 0 Å². The second-order valence-corrected chi connectivity index (χ2v) is 2.29. The zero-order chi connectivity index (χ0) is 7.68. The topological polar surface area (TPSA) is 45.8 Å². The third kappa shape index (κ3) is 2.20. The first-order valence-electron chi connectivity index (χ1n) is 3.28. The van der Waals surface area contributed by atoms with Crippen molar-refractivity contribution >= 4 is 31.1 Å². The first-order valence-corrected chi connectivity index (χ1v) is 3.28. The fraction of sp³-hybridized carbons (Fsp3) is 0. The van der Waals surface area contributed by atoms with E-state index in [1.165, 1.54) is 0 Å². The number of rotatable bonds is 1. The second kappa shape index (κ2) is 4.84. The first kappa shape index (κ1) is 11.9. The van der Waals surface area contributed by atoms with E-state index >= 15 is 0 Å². The molecule has 0 aromatic heterocycles. The van der Waals surface area contributed by atoms with Crippen molar-refractivity contribution < 1.29 is 4.79 Å². The number of hydrogen-bond acceptors (Lipinski definition) is 2. The van der Waals surface area contributed by atoms with E-state index < -0.39 is 0 Å². The summed E-state index contributed by atoms with van der Waals surface area (Å²) in [6.07, 6.45) is 4.22. The number of nitrogens with zero attached hydrogens (tertiary/aromatic N) is 1. The van der Waals surface area contributed by atoms with E-state index in [9.17, 15) is 4.79 Å². The van der Waals surface area contributed by atoms with Gasteiger partial charge in [0.05, 0.1) is 11.4 Å². The Morgan fingerprint density at radius 2 is 2.15 bits per heavy atom. The molecule has 0 saturated carbocycles. The third-order valence-electron chi connectivity index (χ3n) is 1.58. The first-order chi connectivity index (χ1) is 5.40. The maximum Gasteiger partial charge on any atom is 0.166 e. The Bertz CT molecular complexity index is 361. The summed E-state index contributed by atoms with van der Waals surface area (Å²) >= 11 is 0. The molecule has 0 atom stereocenters. The summed E-state index contributed by atoms with van der Waals surface area (Å²) < 4.78 is 0. The largest absolute Gasteiger partial charge is 0.357 e. The number of aromatic amines is 1. The zero-order valence-electron chi connectivity index (χ0n) is 6.56. The maximum absolute atomic E-state index is 10.3. The average Bonchev–Trinajstić information content (AvgIpc) is 2.50. The van der Waals surface area contributed by atoms with Crippen molar-refractivity contribution in [1.82, 2.24) is 9.97 Å². The number of hydrogen-bond donors (Lipinski definition) is 1. The summed E-state index contributed by atoms with van der Waals surface area (Å²) in [5.41, 5.74) is 2.45. The van der Waals surface area contributed by atoms with Crippen LogP contribution in [0, 0.1) is 0 Å². The van der Waals surface area contributed by atoms with E-state index in [0.29, 0.717) is 5.69 Å². The fourth-order valence-corrected chi connectivity index (χ4v) is 1.03. The summed E-state index contributed by atoms with van der Waals surface area (Å²) in [6.45, 7) is 0. The standard InChI is InChI=1S/C8H6N2O.2ClH/c11-5-7-3-6-1-2-9-8(6)4-10-7;;/h1-5,10H;2*1H. The van der Waals surface area contributed by atoms with Crippen LogP contribution in [0.1, 0.15) is 10.5 Å². The quantitative estimate of drug-likeness (QED) is 0.747. The normalized spacial score (nSPS) is 8.62. The summed E-state index contributed by atoms with van der Waals surface area (Å²) in [6, 6.07) is 3.64. The Morgan fingerprint density at radius 1 is 1.38 bits per heavy atom. The van der Waals surface area contributed by atoms with Gasteiger partial charge in [0, 0.05) is 18.0 Å². The molecule has 2 aliphatic heterocycles. The molecular weight excluding hydrogens is 211 g/mol. The number of aldehydes is 1. The Balaban J connectivity index is 0.000000720. The van der Waals surface area contributed by atoms with Crippen LogP contribution in [0.5, 0.6) is 0 Å². The van der Waals surface area contributed by atoms with Gasteiger partial charge in [-0.25, -0.2) is 0 Å². The zero-order valence-corrected chi connectivity index (χ0v) is 8.19. The molecule has 70 valence electrons. The highest BCUT2D eigenvalue weighted by Gasteiger charge is 2.02. The lowest BCUT2D eigenvalue weighted by atomic mass is 10.2. The molecule has 0 aliphatic carbocycles. The molecule has 13 heavy (non-hydrogen) atoms. The van der Waals surface area contributed by atoms with E-state index in [0.717, 1.165) is 17.5 Å². The minimum absolute atomic E-state index is 0. The molecule has 0 saturated heterocycles. The minimum atomic E-state index is 0. The molecule has 1 N–H and O–H groups in total. The highest BCUT2D eigenvalue weighted by molar-refractivity contribution is 5.85. The van der Waals surface area contributed by atoms with Crippen molar-refractivity contribution in [3.8, 4) is 11.3 Å². The van der Waals surface area contributed by atoms with Gasteiger partial charge in [-0.15, -0.1) is 24.8 Å². The lowest BCUT2D eigenvalue weighted by Crippen LogP contribution is -1.87. The van der Waals surface area contributed by atoms with E-state index in [-0.39, 0.29) is 24.8 Å². The van der Waals surface area contributed by atoms with Gasteiger partial charge >= 0.3 is 0 Å². The molecule has 0 radical (unpaired) electrons. The second-order valence-electron chi connectivity index (χ2n) is 2.29. The average molecular weight is 219 g/mol. The number of H-pyrrole nitrogens is 1. The van der Waals surface area contributed by atoms with Crippen molar-refractivity contribution in [3.63, 3.8) is 0 Å². The Morgan fingerprint density at radius 3 is 2.85 bits per heavy atom. The lowest BCUT2D eigenvalue weighted by molar-refractivity contribution is 0.111. The van der Waals surface area contributed by atoms with Crippen LogP contribution in [0.15, 0.2) is 24.5 Å².